The molecule has 0 N–H and O–H groups in total. The highest BCUT2D eigenvalue weighted by Gasteiger charge is 2.27. The monoisotopic (exact) mass is 651 g/mol. The Morgan fingerprint density at radius 2 is 1.02 bits per heavy atom. The van der Waals surface area contributed by atoms with Crippen LogP contribution in [-0.2, 0) is 0 Å². The van der Waals surface area contributed by atoms with E-state index in [4.69, 9.17) is 9.97 Å². The summed E-state index contributed by atoms with van der Waals surface area (Å²) in [6, 6.07) is 54.9. The zero-order valence-electron chi connectivity index (χ0n) is 26.7. The fourth-order valence-electron chi connectivity index (χ4n) is 8.51. The van der Waals surface area contributed by atoms with Gasteiger partial charge in [-0.15, -0.1) is 11.3 Å². The molecule has 0 spiro atoms. The van der Waals surface area contributed by atoms with Crippen LogP contribution in [0.2, 0.25) is 0 Å². The third-order valence-electron chi connectivity index (χ3n) is 10.7. The number of hydrogen-bond donors (Lipinski definition) is 0. The Bertz CT molecular complexity index is 3260. The van der Waals surface area contributed by atoms with Crippen molar-refractivity contribution in [3.05, 3.63) is 152 Å². The number of hydrogen-bond acceptors (Lipinski definition) is 3. The summed E-state index contributed by atoms with van der Waals surface area (Å²) in [6.07, 6.45) is 0. The Morgan fingerprint density at radius 3 is 1.86 bits per heavy atom. The van der Waals surface area contributed by atoms with Crippen LogP contribution in [-0.4, -0.2) is 14.5 Å². The van der Waals surface area contributed by atoms with Gasteiger partial charge in [0.1, 0.15) is 5.69 Å². The maximum atomic E-state index is 5.57. The Kier molecular flexibility index (Phi) is 5.12. The van der Waals surface area contributed by atoms with Crippen molar-refractivity contribution in [3.63, 3.8) is 0 Å². The van der Waals surface area contributed by atoms with Gasteiger partial charge in [0, 0.05) is 36.5 Å². The molecule has 0 unspecified atom stereocenters. The van der Waals surface area contributed by atoms with E-state index in [2.05, 4.69) is 156 Å². The maximum absolute atomic E-state index is 5.57. The van der Waals surface area contributed by atoms with E-state index in [0.717, 1.165) is 55.5 Å². The van der Waals surface area contributed by atoms with Crippen LogP contribution in [0, 0.1) is 0 Å². The lowest BCUT2D eigenvalue weighted by Gasteiger charge is -2.16. The van der Waals surface area contributed by atoms with Crippen LogP contribution in [0.1, 0.15) is 0 Å². The highest BCUT2D eigenvalue weighted by atomic mass is 32.1. The minimum Gasteiger partial charge on any atom is -0.292 e. The second kappa shape index (κ2) is 9.63. The summed E-state index contributed by atoms with van der Waals surface area (Å²) in [5, 5.41) is 10.2. The van der Waals surface area contributed by atoms with E-state index in [1.807, 2.05) is 11.3 Å². The van der Waals surface area contributed by atoms with E-state index in [9.17, 15) is 0 Å². The zero-order valence-corrected chi connectivity index (χ0v) is 27.5. The molecule has 8 aromatic carbocycles. The molecule has 0 fully saturated rings. The van der Waals surface area contributed by atoms with E-state index in [-0.39, 0.29) is 0 Å². The fourth-order valence-corrected chi connectivity index (χ4v) is 9.65. The molecule has 1 aliphatic rings. The lowest BCUT2D eigenvalue weighted by molar-refractivity contribution is 1.08. The quantitative estimate of drug-likeness (QED) is 0.178. The second-order valence-corrected chi connectivity index (χ2v) is 14.4. The molecular weight excluding hydrogens is 627 g/mol. The zero-order chi connectivity index (χ0) is 32.5. The molecule has 3 heterocycles. The van der Waals surface area contributed by atoms with E-state index >= 15 is 0 Å². The summed E-state index contributed by atoms with van der Waals surface area (Å²) < 4.78 is 5.03. The molecule has 50 heavy (non-hydrogen) atoms. The van der Waals surface area contributed by atoms with Crippen molar-refractivity contribution in [1.82, 2.24) is 14.5 Å². The molecule has 0 saturated carbocycles. The van der Waals surface area contributed by atoms with Crippen LogP contribution < -0.4 is 0 Å². The minimum atomic E-state index is 0.842. The van der Waals surface area contributed by atoms with Crippen molar-refractivity contribution in [2.24, 2.45) is 0 Å². The van der Waals surface area contributed by atoms with Gasteiger partial charge in [-0.2, -0.15) is 0 Å². The molecule has 1 aliphatic carbocycles. The molecule has 3 aromatic heterocycles. The molecule has 11 aromatic rings. The van der Waals surface area contributed by atoms with Crippen LogP contribution in [0.3, 0.4) is 0 Å². The molecule has 0 amide bonds. The third-order valence-corrected chi connectivity index (χ3v) is 11.8. The summed E-state index contributed by atoms with van der Waals surface area (Å²) in [7, 11) is 0. The molecule has 3 nitrogen and oxygen atoms in total. The third kappa shape index (κ3) is 3.48. The van der Waals surface area contributed by atoms with E-state index in [0.29, 0.717) is 0 Å². The average Bonchev–Trinajstić information content (AvgIpc) is 3.68. The van der Waals surface area contributed by atoms with Crippen LogP contribution in [0.25, 0.3) is 114 Å². The van der Waals surface area contributed by atoms with Crippen molar-refractivity contribution in [2.75, 3.05) is 0 Å². The first-order valence-corrected chi connectivity index (χ1v) is 17.8. The second-order valence-electron chi connectivity index (χ2n) is 13.3. The molecule has 0 aliphatic heterocycles. The first kappa shape index (κ1) is 26.6. The normalized spacial score (nSPS) is 12.4. The van der Waals surface area contributed by atoms with Gasteiger partial charge in [0.05, 0.1) is 22.1 Å². The van der Waals surface area contributed by atoms with Crippen LogP contribution in [0.5, 0.6) is 0 Å². The van der Waals surface area contributed by atoms with Gasteiger partial charge in [-0.3, -0.25) is 4.57 Å². The van der Waals surface area contributed by atoms with Crippen molar-refractivity contribution in [3.8, 4) is 39.3 Å². The van der Waals surface area contributed by atoms with E-state index in [1.54, 1.807) is 0 Å². The van der Waals surface area contributed by atoms with Gasteiger partial charge >= 0.3 is 0 Å². The first-order valence-electron chi connectivity index (χ1n) is 17.0. The maximum Gasteiger partial charge on any atom is 0.165 e. The van der Waals surface area contributed by atoms with Gasteiger partial charge in [0.2, 0.25) is 0 Å². The van der Waals surface area contributed by atoms with Crippen molar-refractivity contribution < 1.29 is 0 Å². The Balaban J connectivity index is 1.27. The fraction of sp³-hybridized carbons (Fsp3) is 0. The summed E-state index contributed by atoms with van der Waals surface area (Å²) in [5.41, 5.74) is 10.9. The number of aromatic nitrogens is 3. The Hall–Kier alpha value is -6.36. The topological polar surface area (TPSA) is 30.7 Å². The van der Waals surface area contributed by atoms with Crippen molar-refractivity contribution >= 4 is 85.9 Å². The summed E-state index contributed by atoms with van der Waals surface area (Å²) >= 11 is 1.89. The van der Waals surface area contributed by atoms with Gasteiger partial charge in [-0.25, -0.2) is 9.97 Å². The standard InChI is InChI=1S/C46H25N3S/c1-2-9-26(10-3-1)28-14-6-15-31(23-28)45-46(48-35-25-30-12-5-4-11-29(30)24-34(35)47-45)49-36-20-19-27-13-7-16-32-33-17-8-18-38-41(33)44-39(50-38)22-21-37(49)43(44)42(36)40(27)32/h1-25H. The SMILES string of the molecule is c1ccc(-c2cccc(-c3nc4cc5ccccc5cc4nc3-n3c4ccc5cccc6c5c4c4c5c(ccc43)sc3cccc-6c35)c2)cc1. The molecule has 230 valence electrons. The summed E-state index contributed by atoms with van der Waals surface area (Å²) in [6.45, 7) is 0. The molecule has 0 bridgehead atoms. The number of rotatable bonds is 3. The van der Waals surface area contributed by atoms with Crippen molar-refractivity contribution in [2.45, 2.75) is 0 Å². The lowest BCUT2D eigenvalue weighted by Crippen LogP contribution is -2.04. The minimum absolute atomic E-state index is 0.842. The first-order chi connectivity index (χ1) is 24.8. The smallest absolute Gasteiger partial charge is 0.165 e. The molecule has 0 saturated heterocycles. The highest BCUT2D eigenvalue weighted by molar-refractivity contribution is 7.26. The predicted octanol–water partition coefficient (Wildman–Crippen LogP) is 12.7. The molecule has 0 atom stereocenters. The van der Waals surface area contributed by atoms with Gasteiger partial charge in [0.25, 0.3) is 0 Å². The van der Waals surface area contributed by atoms with Crippen LogP contribution in [0.15, 0.2) is 152 Å². The Labute approximate surface area is 290 Å². The summed E-state index contributed by atoms with van der Waals surface area (Å²) in [4.78, 5) is 11.1. The molecule has 12 rings (SSSR count). The number of fused-ring (bicyclic) bond motifs is 3. The molecule has 0 radical (unpaired) electrons. The van der Waals surface area contributed by atoms with Crippen LogP contribution in [0.4, 0.5) is 0 Å². The number of nitrogens with zero attached hydrogens (tertiary/aromatic N) is 3. The van der Waals surface area contributed by atoms with Gasteiger partial charge in [-0.05, 0) is 86.3 Å². The number of thiophene rings is 1. The Morgan fingerprint density at radius 1 is 0.400 bits per heavy atom. The van der Waals surface area contributed by atoms with E-state index in [1.165, 1.54) is 58.4 Å². The lowest BCUT2D eigenvalue weighted by atomic mass is 9.95. The predicted molar refractivity (Wildman–Crippen MR) is 212 cm³/mol. The van der Waals surface area contributed by atoms with Gasteiger partial charge in [-0.1, -0.05) is 109 Å². The van der Waals surface area contributed by atoms with Crippen molar-refractivity contribution in [1.29, 1.82) is 0 Å². The number of benzene rings is 8. The molecule has 4 heteroatoms. The van der Waals surface area contributed by atoms with Gasteiger partial charge < -0.3 is 0 Å². The average molecular weight is 652 g/mol. The highest BCUT2D eigenvalue weighted by Crippen LogP contribution is 2.52. The van der Waals surface area contributed by atoms with Crippen LogP contribution >= 0.6 is 11.3 Å². The largest absolute Gasteiger partial charge is 0.292 e. The molecular formula is C46H25N3S. The van der Waals surface area contributed by atoms with E-state index < -0.39 is 0 Å². The summed E-state index contributed by atoms with van der Waals surface area (Å²) in [5.74, 6) is 0.842. The van der Waals surface area contributed by atoms with Gasteiger partial charge in [0.15, 0.2) is 5.82 Å².